The molecule has 1 aliphatic rings. The van der Waals surface area contributed by atoms with Gasteiger partial charge in [-0.1, -0.05) is 5.16 Å². The van der Waals surface area contributed by atoms with Gasteiger partial charge in [0.05, 0.1) is 32.9 Å². The van der Waals surface area contributed by atoms with Crippen LogP contribution in [0.4, 0.5) is 10.2 Å². The molecule has 34 heavy (non-hydrogen) atoms. The smallest absolute Gasteiger partial charge is 0.301 e. The lowest BCUT2D eigenvalue weighted by Crippen LogP contribution is -2.29. The molecule has 0 bridgehead atoms. The Hall–Kier alpha value is -4.34. The van der Waals surface area contributed by atoms with E-state index in [1.165, 1.54) is 39.5 Å². The first-order valence-electron chi connectivity index (χ1n) is 10.1. The van der Waals surface area contributed by atoms with E-state index < -0.39 is 29.3 Å². The highest BCUT2D eigenvalue weighted by molar-refractivity contribution is 6.51. The fourth-order valence-electron chi connectivity index (χ4n) is 3.87. The largest absolute Gasteiger partial charge is 0.507 e. The van der Waals surface area contributed by atoms with Gasteiger partial charge < -0.3 is 23.8 Å². The number of aryl methyl sites for hydroxylation is 1. The Morgan fingerprint density at radius 1 is 1.03 bits per heavy atom. The Labute approximate surface area is 193 Å². The number of methoxy groups -OCH3 is 3. The summed E-state index contributed by atoms with van der Waals surface area (Å²) in [5, 5.41) is 15.0. The van der Waals surface area contributed by atoms with Gasteiger partial charge in [-0.2, -0.15) is 0 Å². The first-order valence-corrected chi connectivity index (χ1v) is 10.1. The summed E-state index contributed by atoms with van der Waals surface area (Å²) in [4.78, 5) is 27.4. The van der Waals surface area contributed by atoms with E-state index in [1.807, 2.05) is 0 Å². The van der Waals surface area contributed by atoms with Gasteiger partial charge in [-0.15, -0.1) is 0 Å². The van der Waals surface area contributed by atoms with Crippen molar-refractivity contribution in [2.24, 2.45) is 0 Å². The highest BCUT2D eigenvalue weighted by Gasteiger charge is 2.48. The van der Waals surface area contributed by atoms with Crippen LogP contribution >= 0.6 is 0 Å². The van der Waals surface area contributed by atoms with E-state index >= 15 is 0 Å². The number of anilines is 1. The fourth-order valence-corrected chi connectivity index (χ4v) is 3.87. The maximum Gasteiger partial charge on any atom is 0.301 e. The molecule has 1 atom stereocenters. The number of nitrogens with zero attached hydrogens (tertiary/aromatic N) is 2. The highest BCUT2D eigenvalue weighted by atomic mass is 19.1. The Balaban J connectivity index is 2.00. The normalized spacial score (nSPS) is 17.2. The van der Waals surface area contributed by atoms with Gasteiger partial charge in [-0.05, 0) is 48.9 Å². The number of halogens is 1. The lowest BCUT2D eigenvalue weighted by atomic mass is 9.94. The molecule has 0 unspecified atom stereocenters. The first-order chi connectivity index (χ1) is 16.3. The van der Waals surface area contributed by atoms with Gasteiger partial charge >= 0.3 is 5.91 Å². The number of ether oxygens (including phenoxy) is 3. The Morgan fingerprint density at radius 2 is 1.65 bits per heavy atom. The van der Waals surface area contributed by atoms with E-state index in [-0.39, 0.29) is 28.5 Å². The molecule has 1 amide bonds. The zero-order valence-electron chi connectivity index (χ0n) is 18.8. The van der Waals surface area contributed by atoms with E-state index in [2.05, 4.69) is 5.16 Å². The molecule has 0 saturated carbocycles. The van der Waals surface area contributed by atoms with Crippen molar-refractivity contribution < 1.29 is 37.8 Å². The summed E-state index contributed by atoms with van der Waals surface area (Å²) in [5.41, 5.74) is 0.317. The third-order valence-electron chi connectivity index (χ3n) is 5.43. The standard InChI is InChI=1S/C24H21FN2O7/c1-12-9-18(26-34-12)27-20(14-10-16(31-2)23(33-4)17(11-14)32-3)19(22(29)24(27)30)21(28)13-5-7-15(25)8-6-13/h5-11,20,28H,1-4H3/t20-/m0/s1. The zero-order valence-corrected chi connectivity index (χ0v) is 18.8. The number of hydrogen-bond donors (Lipinski definition) is 1. The van der Waals surface area contributed by atoms with Crippen LogP contribution in [0.25, 0.3) is 5.76 Å². The number of hydrogen-bond acceptors (Lipinski definition) is 8. The van der Waals surface area contributed by atoms with E-state index in [4.69, 9.17) is 18.7 Å². The number of aliphatic hydroxyl groups excluding tert-OH is 1. The minimum Gasteiger partial charge on any atom is -0.507 e. The van der Waals surface area contributed by atoms with E-state index in [9.17, 15) is 19.1 Å². The number of aliphatic hydroxyl groups is 1. The van der Waals surface area contributed by atoms with Gasteiger partial charge in [0.1, 0.15) is 17.3 Å². The van der Waals surface area contributed by atoms with Gasteiger partial charge in [0.2, 0.25) is 5.75 Å². The van der Waals surface area contributed by atoms with Gasteiger partial charge in [0, 0.05) is 11.6 Å². The highest BCUT2D eigenvalue weighted by Crippen LogP contribution is 2.46. The molecule has 2 heterocycles. The molecular formula is C24H21FN2O7. The summed E-state index contributed by atoms with van der Waals surface area (Å²) in [6.07, 6.45) is 0. The summed E-state index contributed by atoms with van der Waals surface area (Å²) in [6, 6.07) is 8.40. The maximum absolute atomic E-state index is 13.4. The van der Waals surface area contributed by atoms with Crippen LogP contribution in [0, 0.1) is 12.7 Å². The predicted octanol–water partition coefficient (Wildman–Crippen LogP) is 3.77. The molecular weight excluding hydrogens is 447 g/mol. The predicted molar refractivity (Wildman–Crippen MR) is 119 cm³/mol. The molecule has 2 aromatic carbocycles. The van der Waals surface area contributed by atoms with E-state index in [0.29, 0.717) is 17.1 Å². The fraction of sp³-hybridized carbons (Fsp3) is 0.208. The van der Waals surface area contributed by atoms with Crippen LogP contribution in [0.3, 0.4) is 0 Å². The first kappa shape index (κ1) is 22.8. The molecule has 176 valence electrons. The third-order valence-corrected chi connectivity index (χ3v) is 5.43. The number of ketones is 1. The van der Waals surface area contributed by atoms with Gasteiger partial charge in [0.15, 0.2) is 17.3 Å². The Morgan fingerprint density at radius 3 is 2.15 bits per heavy atom. The summed E-state index contributed by atoms with van der Waals surface area (Å²) in [6.45, 7) is 1.64. The van der Waals surface area contributed by atoms with Gasteiger partial charge in [-0.3, -0.25) is 14.5 Å². The van der Waals surface area contributed by atoms with Crippen molar-refractivity contribution >= 4 is 23.3 Å². The van der Waals surface area contributed by atoms with Gasteiger partial charge in [-0.25, -0.2) is 4.39 Å². The number of carbonyl (C=O) groups is 2. The quantitative estimate of drug-likeness (QED) is 0.331. The number of Topliss-reactive ketones (excluding diaryl/α,β-unsaturated/α-hetero) is 1. The SMILES string of the molecule is COc1cc([C@H]2C(=C(O)c3ccc(F)cc3)C(=O)C(=O)N2c2cc(C)on2)cc(OC)c1OC. The van der Waals surface area contributed by atoms with Crippen LogP contribution in [-0.2, 0) is 9.59 Å². The van der Waals surface area contributed by atoms with Crippen molar-refractivity contribution in [2.45, 2.75) is 13.0 Å². The van der Waals surface area contributed by atoms with Crippen LogP contribution in [0.5, 0.6) is 17.2 Å². The van der Waals surface area contributed by atoms with Crippen molar-refractivity contribution in [1.82, 2.24) is 5.16 Å². The second-order valence-electron chi connectivity index (χ2n) is 7.43. The molecule has 1 saturated heterocycles. The number of benzene rings is 2. The van der Waals surface area contributed by atoms with E-state index in [0.717, 1.165) is 17.0 Å². The molecule has 0 aliphatic carbocycles. The lowest BCUT2D eigenvalue weighted by Gasteiger charge is -2.24. The number of amides is 1. The number of carbonyl (C=O) groups excluding carboxylic acids is 2. The molecule has 1 fully saturated rings. The monoisotopic (exact) mass is 468 g/mol. The van der Waals surface area contributed by atoms with Crippen LogP contribution < -0.4 is 19.1 Å². The number of rotatable bonds is 6. The molecule has 1 aliphatic heterocycles. The van der Waals surface area contributed by atoms with Crippen LogP contribution in [0.15, 0.2) is 52.6 Å². The lowest BCUT2D eigenvalue weighted by molar-refractivity contribution is -0.132. The minimum absolute atomic E-state index is 0.0801. The Bertz CT molecular complexity index is 1270. The minimum atomic E-state index is -1.12. The van der Waals surface area contributed by atoms with Crippen LogP contribution in [-0.4, -0.2) is 43.3 Å². The number of aromatic nitrogens is 1. The third kappa shape index (κ3) is 3.72. The molecule has 10 heteroatoms. The summed E-state index contributed by atoms with van der Waals surface area (Å²) in [7, 11) is 4.30. The Kier molecular flexibility index (Phi) is 5.97. The molecule has 3 aromatic rings. The zero-order chi connectivity index (χ0) is 24.6. The van der Waals surface area contributed by atoms with Crippen molar-refractivity contribution in [3.05, 3.63) is 70.7 Å². The average Bonchev–Trinajstić information content (AvgIpc) is 3.38. The van der Waals surface area contributed by atoms with Crippen molar-refractivity contribution in [2.75, 3.05) is 26.2 Å². The van der Waals surface area contributed by atoms with Crippen LogP contribution in [0.2, 0.25) is 0 Å². The summed E-state index contributed by atoms with van der Waals surface area (Å²) in [5.74, 6) is -1.49. The van der Waals surface area contributed by atoms with Gasteiger partial charge in [0.25, 0.3) is 5.78 Å². The average molecular weight is 468 g/mol. The van der Waals surface area contributed by atoms with E-state index in [1.54, 1.807) is 19.1 Å². The molecule has 9 nitrogen and oxygen atoms in total. The summed E-state index contributed by atoms with van der Waals surface area (Å²) < 4.78 is 34.8. The van der Waals surface area contributed by atoms with Crippen molar-refractivity contribution in [1.29, 1.82) is 0 Å². The molecule has 0 radical (unpaired) electrons. The topological polar surface area (TPSA) is 111 Å². The molecule has 1 aromatic heterocycles. The molecule has 1 N–H and O–H groups in total. The molecule has 0 spiro atoms. The van der Waals surface area contributed by atoms with Crippen molar-refractivity contribution in [3.8, 4) is 17.2 Å². The molecule has 4 rings (SSSR count). The van der Waals surface area contributed by atoms with Crippen LogP contribution in [0.1, 0.15) is 22.9 Å². The van der Waals surface area contributed by atoms with Crippen molar-refractivity contribution in [3.63, 3.8) is 0 Å². The second kappa shape index (κ2) is 8.89. The summed E-state index contributed by atoms with van der Waals surface area (Å²) >= 11 is 0. The maximum atomic E-state index is 13.4. The second-order valence-corrected chi connectivity index (χ2v) is 7.43.